The average molecular weight is 305 g/mol. The van der Waals surface area contributed by atoms with Crippen molar-refractivity contribution in [3.05, 3.63) is 18.5 Å². The second-order valence-electron chi connectivity index (χ2n) is 7.21. The molecule has 2 aliphatic heterocycles. The molecule has 0 radical (unpaired) electrons. The molecule has 2 fully saturated rings. The van der Waals surface area contributed by atoms with Crippen molar-refractivity contribution in [3.63, 3.8) is 0 Å². The molecule has 6 heteroatoms. The zero-order valence-corrected chi connectivity index (χ0v) is 13.3. The molecule has 22 heavy (non-hydrogen) atoms. The summed E-state index contributed by atoms with van der Waals surface area (Å²) in [6.07, 6.45) is 2.99. The maximum absolute atomic E-state index is 12.1. The Morgan fingerprint density at radius 3 is 2.41 bits per heavy atom. The third-order valence-electron chi connectivity index (χ3n) is 4.21. The monoisotopic (exact) mass is 305 g/mol. The van der Waals surface area contributed by atoms with Gasteiger partial charge in [-0.2, -0.15) is 0 Å². The standard InChI is InChI=1S/C16H23N3O3/c1-16(2,3)22-15(21)19-9-11-7-18(8-12(11)10-19)13-4-14(20)6-17-5-13/h4-6,11-12,20H,7-10H2,1-3H3. The maximum Gasteiger partial charge on any atom is 0.410 e. The molecule has 3 rings (SSSR count). The molecule has 0 aromatic carbocycles. The number of likely N-dealkylation sites (tertiary alicyclic amines) is 1. The first-order valence-corrected chi connectivity index (χ1v) is 7.69. The quantitative estimate of drug-likeness (QED) is 0.860. The number of pyridine rings is 1. The maximum atomic E-state index is 12.1. The van der Waals surface area contributed by atoms with Crippen LogP contribution in [0.3, 0.4) is 0 Å². The lowest BCUT2D eigenvalue weighted by Crippen LogP contribution is -2.37. The van der Waals surface area contributed by atoms with Crippen LogP contribution in [0, 0.1) is 11.8 Å². The van der Waals surface area contributed by atoms with Gasteiger partial charge in [-0.1, -0.05) is 0 Å². The van der Waals surface area contributed by atoms with Gasteiger partial charge in [0.2, 0.25) is 0 Å². The van der Waals surface area contributed by atoms with Gasteiger partial charge in [0, 0.05) is 44.1 Å². The van der Waals surface area contributed by atoms with E-state index in [2.05, 4.69) is 9.88 Å². The Balaban J connectivity index is 1.60. The van der Waals surface area contributed by atoms with E-state index in [1.165, 1.54) is 6.20 Å². The van der Waals surface area contributed by atoms with Crippen LogP contribution >= 0.6 is 0 Å². The van der Waals surface area contributed by atoms with E-state index >= 15 is 0 Å². The molecular weight excluding hydrogens is 282 g/mol. The number of fused-ring (bicyclic) bond motifs is 1. The van der Waals surface area contributed by atoms with E-state index in [-0.39, 0.29) is 11.8 Å². The summed E-state index contributed by atoms with van der Waals surface area (Å²) >= 11 is 0. The molecule has 0 spiro atoms. The van der Waals surface area contributed by atoms with Crippen LogP contribution in [0.25, 0.3) is 0 Å². The van der Waals surface area contributed by atoms with E-state index in [0.717, 1.165) is 31.9 Å². The van der Waals surface area contributed by atoms with Gasteiger partial charge in [-0.15, -0.1) is 0 Å². The predicted octanol–water partition coefficient (Wildman–Crippen LogP) is 2.09. The third kappa shape index (κ3) is 3.10. The SMILES string of the molecule is CC(C)(C)OC(=O)N1CC2CN(c3cncc(O)c3)CC2C1. The molecule has 2 unspecified atom stereocenters. The number of aromatic nitrogens is 1. The first-order valence-electron chi connectivity index (χ1n) is 7.69. The summed E-state index contributed by atoms with van der Waals surface area (Å²) in [5.41, 5.74) is 0.492. The molecular formula is C16H23N3O3. The summed E-state index contributed by atoms with van der Waals surface area (Å²) in [6, 6.07) is 1.74. The highest BCUT2D eigenvalue weighted by Crippen LogP contribution is 2.35. The number of rotatable bonds is 1. The number of hydrogen-bond donors (Lipinski definition) is 1. The van der Waals surface area contributed by atoms with Crippen molar-refractivity contribution in [1.29, 1.82) is 0 Å². The van der Waals surface area contributed by atoms with Crippen LogP contribution in [-0.4, -0.2) is 52.9 Å². The average Bonchev–Trinajstić information content (AvgIpc) is 2.94. The molecule has 1 N–H and O–H groups in total. The van der Waals surface area contributed by atoms with Crippen LogP contribution in [0.1, 0.15) is 20.8 Å². The van der Waals surface area contributed by atoms with Gasteiger partial charge < -0.3 is 19.6 Å². The first kappa shape index (κ1) is 14.9. The van der Waals surface area contributed by atoms with Crippen LogP contribution in [0.5, 0.6) is 5.75 Å². The minimum absolute atomic E-state index is 0.185. The van der Waals surface area contributed by atoms with Gasteiger partial charge >= 0.3 is 6.09 Å². The Bertz CT molecular complexity index is 556. The molecule has 0 saturated carbocycles. The number of carbonyl (C=O) groups excluding carboxylic acids is 1. The van der Waals surface area contributed by atoms with Crippen LogP contribution in [-0.2, 0) is 4.74 Å². The van der Waals surface area contributed by atoms with E-state index < -0.39 is 5.60 Å². The fourth-order valence-electron chi connectivity index (χ4n) is 3.27. The number of anilines is 1. The molecule has 2 atom stereocenters. The van der Waals surface area contributed by atoms with Gasteiger partial charge in [-0.25, -0.2) is 4.79 Å². The minimum Gasteiger partial charge on any atom is -0.506 e. The van der Waals surface area contributed by atoms with Gasteiger partial charge in [0.15, 0.2) is 0 Å². The Kier molecular flexibility index (Phi) is 3.62. The highest BCUT2D eigenvalue weighted by Gasteiger charge is 2.42. The fourth-order valence-corrected chi connectivity index (χ4v) is 3.27. The van der Waals surface area contributed by atoms with Crippen molar-refractivity contribution in [2.24, 2.45) is 11.8 Å². The summed E-state index contributed by atoms with van der Waals surface area (Å²) in [6.45, 7) is 8.91. The smallest absolute Gasteiger partial charge is 0.410 e. The molecule has 1 aromatic rings. The van der Waals surface area contributed by atoms with E-state index in [1.807, 2.05) is 25.7 Å². The lowest BCUT2D eigenvalue weighted by molar-refractivity contribution is 0.0282. The summed E-state index contributed by atoms with van der Waals surface area (Å²) in [7, 11) is 0. The number of ether oxygens (including phenoxy) is 1. The van der Waals surface area contributed by atoms with E-state index in [1.54, 1.807) is 12.3 Å². The normalized spacial score (nSPS) is 24.5. The Morgan fingerprint density at radius 1 is 1.23 bits per heavy atom. The lowest BCUT2D eigenvalue weighted by atomic mass is 10.0. The van der Waals surface area contributed by atoms with Gasteiger partial charge in [0.05, 0.1) is 18.1 Å². The van der Waals surface area contributed by atoms with Gasteiger partial charge in [0.1, 0.15) is 11.4 Å². The largest absolute Gasteiger partial charge is 0.506 e. The van der Waals surface area contributed by atoms with E-state index in [9.17, 15) is 9.90 Å². The first-order chi connectivity index (χ1) is 10.3. The number of aromatic hydroxyl groups is 1. The molecule has 2 saturated heterocycles. The molecule has 0 bridgehead atoms. The Morgan fingerprint density at radius 2 is 1.86 bits per heavy atom. The molecule has 2 aliphatic rings. The second-order valence-corrected chi connectivity index (χ2v) is 7.21. The number of carbonyl (C=O) groups is 1. The Labute approximate surface area is 130 Å². The summed E-state index contributed by atoms with van der Waals surface area (Å²) in [5, 5.41) is 9.54. The summed E-state index contributed by atoms with van der Waals surface area (Å²) in [4.78, 5) is 20.2. The topological polar surface area (TPSA) is 65.9 Å². The number of amides is 1. The number of hydrogen-bond acceptors (Lipinski definition) is 5. The van der Waals surface area contributed by atoms with Crippen LogP contribution in [0.2, 0.25) is 0 Å². The summed E-state index contributed by atoms with van der Waals surface area (Å²) < 4.78 is 5.44. The molecule has 0 aliphatic carbocycles. The van der Waals surface area contributed by atoms with Crippen molar-refractivity contribution in [2.75, 3.05) is 31.1 Å². The fraction of sp³-hybridized carbons (Fsp3) is 0.625. The third-order valence-corrected chi connectivity index (χ3v) is 4.21. The molecule has 3 heterocycles. The molecule has 120 valence electrons. The van der Waals surface area contributed by atoms with E-state index in [4.69, 9.17) is 4.74 Å². The van der Waals surface area contributed by atoms with Crippen molar-refractivity contribution in [3.8, 4) is 5.75 Å². The highest BCUT2D eigenvalue weighted by atomic mass is 16.6. The van der Waals surface area contributed by atoms with Crippen molar-refractivity contribution < 1.29 is 14.6 Å². The van der Waals surface area contributed by atoms with E-state index in [0.29, 0.717) is 11.8 Å². The minimum atomic E-state index is -0.450. The predicted molar refractivity (Wildman–Crippen MR) is 82.9 cm³/mol. The highest BCUT2D eigenvalue weighted by molar-refractivity contribution is 5.68. The molecule has 1 aromatic heterocycles. The van der Waals surface area contributed by atoms with Gasteiger partial charge in [-0.05, 0) is 20.8 Å². The van der Waals surface area contributed by atoms with Gasteiger partial charge in [0.25, 0.3) is 0 Å². The zero-order valence-electron chi connectivity index (χ0n) is 13.3. The zero-order chi connectivity index (χ0) is 15.9. The molecule has 1 amide bonds. The van der Waals surface area contributed by atoms with Gasteiger partial charge in [-0.3, -0.25) is 4.98 Å². The van der Waals surface area contributed by atoms with Crippen molar-refractivity contribution in [2.45, 2.75) is 26.4 Å². The number of nitrogens with zero attached hydrogens (tertiary/aromatic N) is 3. The lowest BCUT2D eigenvalue weighted by Gasteiger charge is -2.26. The van der Waals surface area contributed by atoms with Crippen LogP contribution < -0.4 is 4.90 Å². The van der Waals surface area contributed by atoms with Crippen molar-refractivity contribution in [1.82, 2.24) is 9.88 Å². The molecule has 6 nitrogen and oxygen atoms in total. The second kappa shape index (κ2) is 5.34. The Hall–Kier alpha value is -1.98. The van der Waals surface area contributed by atoms with Crippen LogP contribution in [0.15, 0.2) is 18.5 Å². The van der Waals surface area contributed by atoms with Crippen molar-refractivity contribution >= 4 is 11.8 Å². The van der Waals surface area contributed by atoms with Crippen LogP contribution in [0.4, 0.5) is 10.5 Å². The summed E-state index contributed by atoms with van der Waals surface area (Å²) in [5.74, 6) is 1.09.